The van der Waals surface area contributed by atoms with Gasteiger partial charge < -0.3 is 15.7 Å². The quantitative estimate of drug-likeness (QED) is 0.726. The predicted octanol–water partition coefficient (Wildman–Crippen LogP) is 1.60. The number of hydrogen-bond donors (Lipinski definition) is 2. The van der Waals surface area contributed by atoms with Gasteiger partial charge >= 0.3 is 0 Å². The van der Waals surface area contributed by atoms with Crippen molar-refractivity contribution in [2.24, 2.45) is 11.7 Å². The lowest BCUT2D eigenvalue weighted by atomic mass is 9.86. The van der Waals surface area contributed by atoms with Crippen molar-refractivity contribution in [1.82, 2.24) is 4.90 Å². The molecule has 16 heavy (non-hydrogen) atoms. The second kappa shape index (κ2) is 5.99. The Hall–Kier alpha value is -0.120. The molecule has 3 unspecified atom stereocenters. The van der Waals surface area contributed by atoms with Crippen LogP contribution in [0.3, 0.4) is 0 Å². The first-order valence-corrected chi connectivity index (χ1v) is 6.63. The van der Waals surface area contributed by atoms with Crippen molar-refractivity contribution in [2.75, 3.05) is 20.2 Å². The molecule has 96 valence electrons. The van der Waals surface area contributed by atoms with Crippen LogP contribution in [0.5, 0.6) is 0 Å². The summed E-state index contributed by atoms with van der Waals surface area (Å²) in [6, 6.07) is 0.641. The van der Waals surface area contributed by atoms with Crippen LogP contribution in [-0.4, -0.2) is 41.8 Å². The zero-order chi connectivity index (χ0) is 12.2. The van der Waals surface area contributed by atoms with Gasteiger partial charge in [-0.15, -0.1) is 0 Å². The van der Waals surface area contributed by atoms with E-state index in [2.05, 4.69) is 25.8 Å². The molecule has 0 saturated heterocycles. The average Bonchev–Trinajstić information content (AvgIpc) is 2.67. The van der Waals surface area contributed by atoms with Gasteiger partial charge in [-0.2, -0.15) is 0 Å². The third kappa shape index (κ3) is 3.19. The first-order valence-electron chi connectivity index (χ1n) is 6.63. The topological polar surface area (TPSA) is 49.5 Å². The molecule has 0 bridgehead atoms. The Morgan fingerprint density at radius 1 is 1.56 bits per heavy atom. The highest BCUT2D eigenvalue weighted by molar-refractivity contribution is 4.96. The van der Waals surface area contributed by atoms with Gasteiger partial charge in [-0.1, -0.05) is 13.3 Å². The Bertz CT molecular complexity index is 210. The van der Waals surface area contributed by atoms with E-state index in [1.807, 2.05) is 0 Å². The Morgan fingerprint density at radius 2 is 2.25 bits per heavy atom. The second-order valence-electron chi connectivity index (χ2n) is 5.51. The van der Waals surface area contributed by atoms with Crippen molar-refractivity contribution >= 4 is 0 Å². The number of aliphatic hydroxyl groups excluding tert-OH is 1. The molecule has 0 spiro atoms. The van der Waals surface area contributed by atoms with Gasteiger partial charge in [0.1, 0.15) is 0 Å². The van der Waals surface area contributed by atoms with E-state index >= 15 is 0 Å². The lowest BCUT2D eigenvalue weighted by Crippen LogP contribution is -2.48. The SMILES string of the molecule is CCC(C)N(C)CCC1CCCC1(N)CO. The van der Waals surface area contributed by atoms with E-state index in [-0.39, 0.29) is 12.1 Å². The molecule has 1 saturated carbocycles. The van der Waals surface area contributed by atoms with E-state index in [4.69, 9.17) is 5.73 Å². The molecule has 0 radical (unpaired) electrons. The highest BCUT2D eigenvalue weighted by atomic mass is 16.3. The molecular weight excluding hydrogens is 200 g/mol. The molecular formula is C13H28N2O. The zero-order valence-electron chi connectivity index (χ0n) is 11.1. The van der Waals surface area contributed by atoms with Crippen LogP contribution >= 0.6 is 0 Å². The molecule has 0 aromatic rings. The van der Waals surface area contributed by atoms with Gasteiger partial charge in [-0.05, 0) is 52.1 Å². The van der Waals surface area contributed by atoms with Gasteiger partial charge in [0.2, 0.25) is 0 Å². The second-order valence-corrected chi connectivity index (χ2v) is 5.51. The van der Waals surface area contributed by atoms with Gasteiger partial charge in [0.25, 0.3) is 0 Å². The minimum absolute atomic E-state index is 0.144. The van der Waals surface area contributed by atoms with Gasteiger partial charge in [0, 0.05) is 11.6 Å². The fourth-order valence-electron chi connectivity index (χ4n) is 2.70. The molecule has 0 aromatic heterocycles. The smallest absolute Gasteiger partial charge is 0.0613 e. The van der Waals surface area contributed by atoms with E-state index in [1.54, 1.807) is 0 Å². The fourth-order valence-corrected chi connectivity index (χ4v) is 2.70. The van der Waals surface area contributed by atoms with Crippen LogP contribution in [0.25, 0.3) is 0 Å². The highest BCUT2D eigenvalue weighted by Crippen LogP contribution is 2.35. The standard InChI is InChI=1S/C13H28N2O/c1-4-11(2)15(3)9-7-12-6-5-8-13(12,14)10-16/h11-12,16H,4-10,14H2,1-3H3. The van der Waals surface area contributed by atoms with E-state index < -0.39 is 0 Å². The van der Waals surface area contributed by atoms with E-state index in [0.29, 0.717) is 12.0 Å². The van der Waals surface area contributed by atoms with Crippen LogP contribution in [0.2, 0.25) is 0 Å². The van der Waals surface area contributed by atoms with Gasteiger partial charge in [-0.25, -0.2) is 0 Å². The van der Waals surface area contributed by atoms with E-state index in [9.17, 15) is 5.11 Å². The monoisotopic (exact) mass is 228 g/mol. The van der Waals surface area contributed by atoms with Crippen molar-refractivity contribution < 1.29 is 5.11 Å². The van der Waals surface area contributed by atoms with Crippen LogP contribution in [0.1, 0.15) is 46.0 Å². The Balaban J connectivity index is 2.37. The molecule has 1 rings (SSSR count). The number of nitrogens with zero attached hydrogens (tertiary/aromatic N) is 1. The summed E-state index contributed by atoms with van der Waals surface area (Å²) in [6.07, 6.45) is 5.66. The van der Waals surface area contributed by atoms with Crippen molar-refractivity contribution in [1.29, 1.82) is 0 Å². The maximum absolute atomic E-state index is 9.38. The minimum Gasteiger partial charge on any atom is -0.394 e. The molecule has 1 fully saturated rings. The minimum atomic E-state index is -0.295. The van der Waals surface area contributed by atoms with Crippen LogP contribution in [0, 0.1) is 5.92 Å². The predicted molar refractivity (Wildman–Crippen MR) is 68.3 cm³/mol. The van der Waals surface area contributed by atoms with Crippen molar-refractivity contribution in [3.8, 4) is 0 Å². The van der Waals surface area contributed by atoms with Crippen molar-refractivity contribution in [3.05, 3.63) is 0 Å². The molecule has 0 aliphatic heterocycles. The highest BCUT2D eigenvalue weighted by Gasteiger charge is 2.38. The number of aliphatic hydroxyl groups is 1. The molecule has 3 nitrogen and oxygen atoms in total. The fraction of sp³-hybridized carbons (Fsp3) is 1.00. The van der Waals surface area contributed by atoms with Gasteiger partial charge in [-0.3, -0.25) is 0 Å². The van der Waals surface area contributed by atoms with Gasteiger partial charge in [0.05, 0.1) is 6.61 Å². The summed E-state index contributed by atoms with van der Waals surface area (Å²) < 4.78 is 0. The summed E-state index contributed by atoms with van der Waals surface area (Å²) in [5.74, 6) is 0.504. The maximum Gasteiger partial charge on any atom is 0.0613 e. The molecule has 3 atom stereocenters. The first-order chi connectivity index (χ1) is 7.53. The average molecular weight is 228 g/mol. The number of rotatable bonds is 6. The molecule has 0 amide bonds. The van der Waals surface area contributed by atoms with Crippen molar-refractivity contribution in [3.63, 3.8) is 0 Å². The molecule has 1 aliphatic rings. The zero-order valence-corrected chi connectivity index (χ0v) is 11.1. The summed E-state index contributed by atoms with van der Waals surface area (Å²) in [6.45, 7) is 5.72. The summed E-state index contributed by atoms with van der Waals surface area (Å²) in [5.41, 5.74) is 5.93. The third-order valence-electron chi connectivity index (χ3n) is 4.48. The first kappa shape index (κ1) is 13.9. The Labute approximate surface area is 100 Å². The van der Waals surface area contributed by atoms with Gasteiger partial charge in [0.15, 0.2) is 0 Å². The maximum atomic E-state index is 9.38. The van der Waals surface area contributed by atoms with E-state index in [1.165, 1.54) is 19.3 Å². The summed E-state index contributed by atoms with van der Waals surface area (Å²) >= 11 is 0. The summed E-state index contributed by atoms with van der Waals surface area (Å²) in [5, 5.41) is 9.38. The van der Waals surface area contributed by atoms with Crippen LogP contribution in [0.15, 0.2) is 0 Å². The number of hydrogen-bond acceptors (Lipinski definition) is 3. The van der Waals surface area contributed by atoms with Crippen LogP contribution < -0.4 is 5.73 Å². The molecule has 0 heterocycles. The summed E-state index contributed by atoms with van der Waals surface area (Å²) in [7, 11) is 2.18. The summed E-state index contributed by atoms with van der Waals surface area (Å²) in [4.78, 5) is 2.40. The van der Waals surface area contributed by atoms with E-state index in [0.717, 1.165) is 19.4 Å². The molecule has 3 N–H and O–H groups in total. The Kier molecular flexibility index (Phi) is 5.22. The third-order valence-corrected chi connectivity index (χ3v) is 4.48. The largest absolute Gasteiger partial charge is 0.394 e. The Morgan fingerprint density at radius 3 is 2.81 bits per heavy atom. The molecule has 0 aromatic carbocycles. The van der Waals surface area contributed by atoms with Crippen LogP contribution in [0.4, 0.5) is 0 Å². The molecule has 1 aliphatic carbocycles. The lowest BCUT2D eigenvalue weighted by molar-refractivity contribution is 0.141. The lowest BCUT2D eigenvalue weighted by Gasteiger charge is -2.32. The molecule has 3 heteroatoms. The van der Waals surface area contributed by atoms with Crippen molar-refractivity contribution in [2.45, 2.75) is 57.5 Å². The normalized spacial score (nSPS) is 32.2. The van der Waals surface area contributed by atoms with Crippen LogP contribution in [-0.2, 0) is 0 Å². The number of nitrogens with two attached hydrogens (primary N) is 1.